The quantitative estimate of drug-likeness (QED) is 0.756. The third-order valence-electron chi connectivity index (χ3n) is 3.60. The minimum absolute atomic E-state index is 0.0593. The first kappa shape index (κ1) is 12.3. The molecule has 17 heavy (non-hydrogen) atoms. The third-order valence-corrected chi connectivity index (χ3v) is 3.60. The lowest BCUT2D eigenvalue weighted by Gasteiger charge is -2.25. The predicted molar refractivity (Wildman–Crippen MR) is 63.0 cm³/mol. The maximum atomic E-state index is 13.1. The fraction of sp³-hybridized carbons (Fsp3) is 0.538. The van der Waals surface area contributed by atoms with Crippen LogP contribution in [-0.2, 0) is 0 Å². The average Bonchev–Trinajstić information content (AvgIpc) is 2.84. The number of halogens is 1. The molecule has 4 N–H and O–H groups in total. The molecule has 0 amide bonds. The molecule has 1 aromatic rings. The Hall–Kier alpha value is -1.13. The molecule has 0 spiro atoms. The highest BCUT2D eigenvalue weighted by Gasteiger charge is 2.30. The van der Waals surface area contributed by atoms with Crippen molar-refractivity contribution in [3.8, 4) is 5.75 Å². The summed E-state index contributed by atoms with van der Waals surface area (Å²) in [6, 6.07) is 2.91. The van der Waals surface area contributed by atoms with Crippen LogP contribution in [0.1, 0.15) is 37.3 Å². The molecule has 0 bridgehead atoms. The first-order valence-corrected chi connectivity index (χ1v) is 6.01. The van der Waals surface area contributed by atoms with E-state index in [2.05, 4.69) is 0 Å². The highest BCUT2D eigenvalue weighted by Crippen LogP contribution is 2.34. The van der Waals surface area contributed by atoms with Crippen LogP contribution in [0.2, 0.25) is 0 Å². The van der Waals surface area contributed by atoms with Crippen LogP contribution < -0.4 is 5.73 Å². The van der Waals surface area contributed by atoms with Gasteiger partial charge in [0.25, 0.3) is 0 Å². The molecule has 94 valence electrons. The maximum absolute atomic E-state index is 13.1. The van der Waals surface area contributed by atoms with E-state index in [0.29, 0.717) is 0 Å². The van der Waals surface area contributed by atoms with Crippen LogP contribution in [0.5, 0.6) is 5.75 Å². The SMILES string of the molecule is N[C@@H](c1cc(F)ccc1O)[C@H](O)C1CCCC1. The largest absolute Gasteiger partial charge is 0.508 e. The molecular formula is C13H18FNO2. The molecule has 3 nitrogen and oxygen atoms in total. The van der Waals surface area contributed by atoms with Crippen LogP contribution in [0.4, 0.5) is 4.39 Å². The summed E-state index contributed by atoms with van der Waals surface area (Å²) in [5, 5.41) is 19.8. The highest BCUT2D eigenvalue weighted by atomic mass is 19.1. The van der Waals surface area contributed by atoms with E-state index >= 15 is 0 Å². The van der Waals surface area contributed by atoms with E-state index < -0.39 is 18.0 Å². The van der Waals surface area contributed by atoms with Crippen LogP contribution in [-0.4, -0.2) is 16.3 Å². The van der Waals surface area contributed by atoms with Crippen molar-refractivity contribution < 1.29 is 14.6 Å². The Bertz CT molecular complexity index is 391. The Morgan fingerprint density at radius 2 is 1.94 bits per heavy atom. The summed E-state index contributed by atoms with van der Waals surface area (Å²) in [7, 11) is 0. The molecule has 1 aromatic carbocycles. The summed E-state index contributed by atoms with van der Waals surface area (Å²) >= 11 is 0. The van der Waals surface area contributed by atoms with Crippen LogP contribution in [0.25, 0.3) is 0 Å². The molecule has 0 radical (unpaired) electrons. The smallest absolute Gasteiger partial charge is 0.123 e. The van der Waals surface area contributed by atoms with Gasteiger partial charge in [0.1, 0.15) is 11.6 Å². The van der Waals surface area contributed by atoms with Crippen LogP contribution in [0, 0.1) is 11.7 Å². The first-order valence-electron chi connectivity index (χ1n) is 6.01. The molecule has 0 aromatic heterocycles. The average molecular weight is 239 g/mol. The van der Waals surface area contributed by atoms with Gasteiger partial charge in [-0.3, -0.25) is 0 Å². The molecule has 1 fully saturated rings. The van der Waals surface area contributed by atoms with Gasteiger partial charge < -0.3 is 15.9 Å². The Morgan fingerprint density at radius 1 is 1.29 bits per heavy atom. The summed E-state index contributed by atoms with van der Waals surface area (Å²) in [4.78, 5) is 0. The fourth-order valence-electron chi connectivity index (χ4n) is 2.57. The molecule has 1 aliphatic carbocycles. The van der Waals surface area contributed by atoms with E-state index in [0.717, 1.165) is 25.7 Å². The minimum atomic E-state index is -0.728. The number of hydrogen-bond acceptors (Lipinski definition) is 3. The van der Waals surface area contributed by atoms with Gasteiger partial charge in [-0.15, -0.1) is 0 Å². The molecule has 0 unspecified atom stereocenters. The number of rotatable bonds is 3. The van der Waals surface area contributed by atoms with Gasteiger partial charge in [0.2, 0.25) is 0 Å². The van der Waals surface area contributed by atoms with Crippen molar-refractivity contribution in [3.63, 3.8) is 0 Å². The number of hydrogen-bond donors (Lipinski definition) is 3. The van der Waals surface area contributed by atoms with E-state index in [1.54, 1.807) is 0 Å². The third kappa shape index (κ3) is 2.58. The molecule has 2 atom stereocenters. The molecule has 4 heteroatoms. The van der Waals surface area contributed by atoms with Gasteiger partial charge in [0.15, 0.2) is 0 Å². The zero-order chi connectivity index (χ0) is 12.4. The Labute approximate surface area is 100 Å². The lowest BCUT2D eigenvalue weighted by Crippen LogP contribution is -2.32. The van der Waals surface area contributed by atoms with Crippen molar-refractivity contribution in [3.05, 3.63) is 29.6 Å². The van der Waals surface area contributed by atoms with Gasteiger partial charge in [-0.1, -0.05) is 12.8 Å². The summed E-state index contributed by atoms with van der Waals surface area (Å²) in [6.07, 6.45) is 3.38. The van der Waals surface area contributed by atoms with Crippen molar-refractivity contribution in [1.29, 1.82) is 0 Å². The second kappa shape index (κ2) is 5.02. The van der Waals surface area contributed by atoms with Crippen LogP contribution >= 0.6 is 0 Å². The molecule has 0 aliphatic heterocycles. The summed E-state index contributed by atoms with van der Waals surface area (Å²) < 4.78 is 13.1. The number of nitrogens with two attached hydrogens (primary N) is 1. The number of benzene rings is 1. The van der Waals surface area contributed by atoms with E-state index in [-0.39, 0.29) is 17.2 Å². The normalized spacial score (nSPS) is 20.4. The predicted octanol–water partition coefficient (Wildman–Crippen LogP) is 2.08. The number of aliphatic hydroxyl groups excluding tert-OH is 1. The topological polar surface area (TPSA) is 66.5 Å². The van der Waals surface area contributed by atoms with Crippen molar-refractivity contribution in [2.75, 3.05) is 0 Å². The van der Waals surface area contributed by atoms with Gasteiger partial charge in [-0.2, -0.15) is 0 Å². The highest BCUT2D eigenvalue weighted by molar-refractivity contribution is 5.35. The summed E-state index contributed by atoms with van der Waals surface area (Å²) in [5.74, 6) is -0.351. The van der Waals surface area contributed by atoms with Gasteiger partial charge in [-0.05, 0) is 37.0 Å². The van der Waals surface area contributed by atoms with Crippen molar-refractivity contribution in [1.82, 2.24) is 0 Å². The molecule has 1 saturated carbocycles. The lowest BCUT2D eigenvalue weighted by molar-refractivity contribution is 0.0835. The van der Waals surface area contributed by atoms with E-state index in [4.69, 9.17) is 5.73 Å². The van der Waals surface area contributed by atoms with Gasteiger partial charge in [0.05, 0.1) is 12.1 Å². The molecule has 2 rings (SSSR count). The molecule has 0 saturated heterocycles. The van der Waals surface area contributed by atoms with Gasteiger partial charge in [0, 0.05) is 5.56 Å². The number of phenols is 1. The Kier molecular flexibility index (Phi) is 3.64. The van der Waals surface area contributed by atoms with Crippen molar-refractivity contribution in [2.24, 2.45) is 11.7 Å². The maximum Gasteiger partial charge on any atom is 0.123 e. The van der Waals surface area contributed by atoms with E-state index in [9.17, 15) is 14.6 Å². The molecule has 0 heterocycles. The number of aliphatic hydroxyl groups is 1. The first-order chi connectivity index (χ1) is 8.09. The van der Waals surface area contributed by atoms with Gasteiger partial charge in [-0.25, -0.2) is 4.39 Å². The zero-order valence-electron chi connectivity index (χ0n) is 9.64. The monoisotopic (exact) mass is 239 g/mol. The van der Waals surface area contributed by atoms with Crippen molar-refractivity contribution in [2.45, 2.75) is 37.8 Å². The number of phenolic OH excluding ortho intramolecular Hbond substituents is 1. The fourth-order valence-corrected chi connectivity index (χ4v) is 2.57. The lowest BCUT2D eigenvalue weighted by atomic mass is 9.90. The van der Waals surface area contributed by atoms with Gasteiger partial charge >= 0.3 is 0 Å². The van der Waals surface area contributed by atoms with Crippen LogP contribution in [0.3, 0.4) is 0 Å². The summed E-state index contributed by atoms with van der Waals surface area (Å²) in [5.41, 5.74) is 6.19. The zero-order valence-corrected chi connectivity index (χ0v) is 9.64. The van der Waals surface area contributed by atoms with E-state index in [1.807, 2.05) is 0 Å². The van der Waals surface area contributed by atoms with E-state index in [1.165, 1.54) is 18.2 Å². The standard InChI is InChI=1S/C13H18FNO2/c14-9-5-6-11(16)10(7-9)12(15)13(17)8-3-1-2-4-8/h5-8,12-13,16-17H,1-4,15H2/t12-,13+/m0/s1. The van der Waals surface area contributed by atoms with Crippen LogP contribution in [0.15, 0.2) is 18.2 Å². The Balaban J connectivity index is 2.17. The minimum Gasteiger partial charge on any atom is -0.508 e. The molecule has 1 aliphatic rings. The van der Waals surface area contributed by atoms with Crippen molar-refractivity contribution >= 4 is 0 Å². The second-order valence-corrected chi connectivity index (χ2v) is 4.76. The Morgan fingerprint density at radius 3 is 2.59 bits per heavy atom. The molecular weight excluding hydrogens is 221 g/mol. The second-order valence-electron chi connectivity index (χ2n) is 4.76. The number of aromatic hydroxyl groups is 1. The summed E-state index contributed by atoms with van der Waals surface area (Å²) in [6.45, 7) is 0.